The number of hydrogen-bond acceptors (Lipinski definition) is 9. The number of carboxylic acid groups (broad SMARTS) is 1. The summed E-state index contributed by atoms with van der Waals surface area (Å²) in [6.45, 7) is 0.260. The molecule has 0 bridgehead atoms. The molecule has 0 saturated carbocycles. The number of rotatable bonds is 18. The van der Waals surface area contributed by atoms with Crippen LogP contribution in [0, 0.1) is 0 Å². The molecule has 224 valence electrons. The maximum absolute atomic E-state index is 13.3. The Labute approximate surface area is 234 Å². The highest BCUT2D eigenvalue weighted by Gasteiger charge is 2.31. The fourth-order valence-corrected chi connectivity index (χ4v) is 3.67. The summed E-state index contributed by atoms with van der Waals surface area (Å²) in [5.74, 6) is -4.45. The van der Waals surface area contributed by atoms with Gasteiger partial charge in [0.15, 0.2) is 5.96 Å². The van der Waals surface area contributed by atoms with Crippen molar-refractivity contribution in [3.63, 3.8) is 0 Å². The molecular weight excluding hydrogens is 540 g/mol. The van der Waals surface area contributed by atoms with E-state index in [4.69, 9.17) is 22.9 Å². The number of primary amides is 1. The third kappa shape index (κ3) is 11.7. The molecule has 0 saturated heterocycles. The molecule has 14 N–H and O–H groups in total. The van der Waals surface area contributed by atoms with Crippen molar-refractivity contribution in [2.45, 2.75) is 62.7 Å². The molecule has 4 atom stereocenters. The lowest BCUT2D eigenvalue weighted by Gasteiger charge is -2.25. The number of nitrogens with one attached hydrogen (secondary N) is 5. The van der Waals surface area contributed by atoms with Crippen molar-refractivity contribution in [3.05, 3.63) is 36.4 Å². The fraction of sp³-hybridized carbons (Fsp3) is 0.478. The van der Waals surface area contributed by atoms with Crippen molar-refractivity contribution in [2.24, 2.45) is 27.9 Å². The number of hydrogen-bond donors (Lipinski definition) is 10. The summed E-state index contributed by atoms with van der Waals surface area (Å²) in [7, 11) is 0. The zero-order valence-electron chi connectivity index (χ0n) is 22.2. The van der Waals surface area contributed by atoms with E-state index in [0.717, 1.165) is 0 Å². The van der Waals surface area contributed by atoms with Crippen LogP contribution in [-0.2, 0) is 36.8 Å². The zero-order chi connectivity index (χ0) is 30.4. The number of carboxylic acids is 1. The number of imidazole rings is 2. The number of aromatic amines is 2. The largest absolute Gasteiger partial charge is 0.480 e. The van der Waals surface area contributed by atoms with Gasteiger partial charge in [-0.05, 0) is 19.3 Å². The lowest BCUT2D eigenvalue weighted by Crippen LogP contribution is -2.58. The Balaban J connectivity index is 2.15. The number of carbonyl (C=O) groups is 5. The zero-order valence-corrected chi connectivity index (χ0v) is 22.2. The molecule has 0 spiro atoms. The van der Waals surface area contributed by atoms with Crippen LogP contribution in [0.25, 0.3) is 0 Å². The van der Waals surface area contributed by atoms with E-state index in [1.54, 1.807) is 0 Å². The number of guanidine groups is 1. The van der Waals surface area contributed by atoms with E-state index in [1.807, 2.05) is 0 Å². The Bertz CT molecular complexity index is 1180. The maximum Gasteiger partial charge on any atom is 0.326 e. The molecule has 0 aliphatic carbocycles. The lowest BCUT2D eigenvalue weighted by molar-refractivity contribution is -0.142. The van der Waals surface area contributed by atoms with Crippen LogP contribution in [0.5, 0.6) is 0 Å². The Morgan fingerprint density at radius 1 is 0.829 bits per heavy atom. The smallest absolute Gasteiger partial charge is 0.326 e. The van der Waals surface area contributed by atoms with Gasteiger partial charge < -0.3 is 54.0 Å². The molecule has 2 aromatic rings. The molecule has 4 unspecified atom stereocenters. The van der Waals surface area contributed by atoms with Gasteiger partial charge in [-0.2, -0.15) is 0 Å². The Kier molecular flexibility index (Phi) is 12.7. The van der Waals surface area contributed by atoms with Crippen LogP contribution in [0.4, 0.5) is 0 Å². The van der Waals surface area contributed by atoms with E-state index in [-0.39, 0.29) is 44.6 Å². The van der Waals surface area contributed by atoms with Gasteiger partial charge in [-0.15, -0.1) is 0 Å². The van der Waals surface area contributed by atoms with Gasteiger partial charge in [0.1, 0.15) is 18.1 Å². The van der Waals surface area contributed by atoms with Crippen molar-refractivity contribution < 1.29 is 29.1 Å². The Morgan fingerprint density at radius 3 is 1.88 bits per heavy atom. The van der Waals surface area contributed by atoms with Gasteiger partial charge in [0, 0.05) is 49.6 Å². The number of H-pyrrole nitrogens is 2. The van der Waals surface area contributed by atoms with E-state index in [2.05, 4.69) is 40.9 Å². The second-order valence-corrected chi connectivity index (χ2v) is 9.14. The molecule has 18 heteroatoms. The number of aromatic nitrogens is 4. The molecule has 2 aromatic heterocycles. The van der Waals surface area contributed by atoms with Crippen LogP contribution < -0.4 is 38.9 Å². The van der Waals surface area contributed by atoms with Crippen LogP contribution in [0.15, 0.2) is 30.0 Å². The molecule has 4 amide bonds. The molecule has 0 aliphatic heterocycles. The molecule has 0 aromatic carbocycles. The maximum atomic E-state index is 13.3. The van der Waals surface area contributed by atoms with Gasteiger partial charge in [0.2, 0.25) is 23.6 Å². The highest BCUT2D eigenvalue weighted by atomic mass is 16.4. The molecular formula is C23H36N12O6. The Hall–Kier alpha value is -5.00. The minimum atomic E-state index is -1.37. The van der Waals surface area contributed by atoms with Crippen molar-refractivity contribution in [1.82, 2.24) is 35.9 Å². The lowest BCUT2D eigenvalue weighted by atomic mass is 10.1. The van der Waals surface area contributed by atoms with E-state index in [0.29, 0.717) is 17.8 Å². The summed E-state index contributed by atoms with van der Waals surface area (Å²) in [5.41, 5.74) is 22.7. The predicted octanol–water partition coefficient (Wildman–Crippen LogP) is -3.90. The molecule has 2 heterocycles. The second kappa shape index (κ2) is 16.2. The standard InChI is InChI=1S/C23H36N12O6/c24-14(2-1-5-30-23(26)27)19(37)34-16(6-12-8-28-10-31-12)21(39)33-15(3-4-18(25)36)20(38)35-17(22(40)41)7-13-9-29-11-32-13/h8-11,14-17H,1-7,24H2,(H2,25,36)(H,28,31)(H,29,32)(H,33,39)(H,34,37)(H,35,38)(H,40,41)(H4,26,27,30). The third-order valence-corrected chi connectivity index (χ3v) is 5.82. The third-order valence-electron chi connectivity index (χ3n) is 5.82. The monoisotopic (exact) mass is 576 g/mol. The molecule has 0 fully saturated rings. The van der Waals surface area contributed by atoms with Gasteiger partial charge >= 0.3 is 5.97 Å². The van der Waals surface area contributed by atoms with Crippen LogP contribution in [0.1, 0.15) is 37.1 Å². The predicted molar refractivity (Wildman–Crippen MR) is 144 cm³/mol. The summed E-state index contributed by atoms with van der Waals surface area (Å²) in [4.78, 5) is 79.5. The second-order valence-electron chi connectivity index (χ2n) is 9.14. The average molecular weight is 577 g/mol. The van der Waals surface area contributed by atoms with E-state index < -0.39 is 53.8 Å². The fourth-order valence-electron chi connectivity index (χ4n) is 3.67. The first-order valence-electron chi connectivity index (χ1n) is 12.6. The number of nitrogens with zero attached hydrogens (tertiary/aromatic N) is 3. The van der Waals surface area contributed by atoms with Crippen LogP contribution >= 0.6 is 0 Å². The first-order valence-corrected chi connectivity index (χ1v) is 12.6. The SMILES string of the molecule is NC(=O)CCC(NC(=O)C(Cc1cnc[nH]1)NC(=O)C(N)CCCN=C(N)N)C(=O)NC(Cc1cnc[nH]1)C(=O)O. The quantitative estimate of drug-likeness (QED) is 0.0464. The summed E-state index contributed by atoms with van der Waals surface area (Å²) < 4.78 is 0. The minimum absolute atomic E-state index is 0.0416. The number of nitrogens with two attached hydrogens (primary N) is 4. The van der Waals surface area contributed by atoms with Gasteiger partial charge in [0.25, 0.3) is 0 Å². The number of amides is 4. The van der Waals surface area contributed by atoms with E-state index in [9.17, 15) is 29.1 Å². The van der Waals surface area contributed by atoms with Crippen molar-refractivity contribution in [3.8, 4) is 0 Å². The Morgan fingerprint density at radius 2 is 1.37 bits per heavy atom. The molecule has 2 rings (SSSR count). The average Bonchev–Trinajstić information content (AvgIpc) is 3.62. The first kappa shape index (κ1) is 32.2. The van der Waals surface area contributed by atoms with Crippen molar-refractivity contribution in [2.75, 3.05) is 6.54 Å². The molecule has 0 radical (unpaired) electrons. The normalized spacial score (nSPS) is 13.7. The van der Waals surface area contributed by atoms with Crippen molar-refractivity contribution >= 4 is 35.6 Å². The minimum Gasteiger partial charge on any atom is -0.480 e. The highest BCUT2D eigenvalue weighted by Crippen LogP contribution is 2.06. The molecule has 18 nitrogen and oxygen atoms in total. The van der Waals surface area contributed by atoms with Crippen LogP contribution in [0.3, 0.4) is 0 Å². The summed E-state index contributed by atoms with van der Waals surface area (Å²) in [6, 6.07) is -4.92. The van der Waals surface area contributed by atoms with Crippen molar-refractivity contribution in [1.29, 1.82) is 0 Å². The van der Waals surface area contributed by atoms with Gasteiger partial charge in [-0.1, -0.05) is 0 Å². The molecule has 41 heavy (non-hydrogen) atoms. The van der Waals surface area contributed by atoms with Gasteiger partial charge in [0.05, 0.1) is 18.7 Å². The van der Waals surface area contributed by atoms with E-state index in [1.165, 1.54) is 25.0 Å². The topological polar surface area (TPSA) is 315 Å². The van der Waals surface area contributed by atoms with E-state index >= 15 is 0 Å². The number of aliphatic carboxylic acids is 1. The summed E-state index contributed by atoms with van der Waals surface area (Å²) >= 11 is 0. The summed E-state index contributed by atoms with van der Waals surface area (Å²) in [6.07, 6.45) is 5.56. The van der Waals surface area contributed by atoms with Crippen LogP contribution in [0.2, 0.25) is 0 Å². The summed E-state index contributed by atoms with van der Waals surface area (Å²) in [5, 5.41) is 17.0. The highest BCUT2D eigenvalue weighted by molar-refractivity contribution is 5.94. The van der Waals surface area contributed by atoms with Gasteiger partial charge in [-0.25, -0.2) is 14.8 Å². The first-order chi connectivity index (χ1) is 19.5. The number of aliphatic imine (C=N–C) groups is 1. The van der Waals surface area contributed by atoms with Crippen LogP contribution in [-0.4, -0.2) is 91.3 Å². The molecule has 0 aliphatic rings. The number of carbonyl (C=O) groups excluding carboxylic acids is 4. The van der Waals surface area contributed by atoms with Gasteiger partial charge in [-0.3, -0.25) is 24.2 Å².